The standard InChI is InChI=1S/C21H30O2S/c1-15-6-8-18(9-7-15)24(22)14-17-12-16-13-20(2,3)11-10-19(16)21(4,5)23-17/h6-9,12,16,19H,10-11,13-14H2,1-5H3/t16-,19-,24+/m0/s1. The van der Waals surface area contributed by atoms with Crippen molar-refractivity contribution in [2.75, 3.05) is 5.75 Å². The number of fused-ring (bicyclic) bond motifs is 1. The topological polar surface area (TPSA) is 26.3 Å². The molecule has 0 amide bonds. The molecule has 1 aromatic carbocycles. The highest BCUT2D eigenvalue weighted by molar-refractivity contribution is 7.85. The van der Waals surface area contributed by atoms with E-state index in [1.807, 2.05) is 31.2 Å². The minimum atomic E-state index is -1.05. The molecule has 1 aromatic rings. The molecule has 0 aromatic heterocycles. The maximum atomic E-state index is 12.7. The quantitative estimate of drug-likeness (QED) is 0.748. The minimum absolute atomic E-state index is 0.164. The molecule has 3 rings (SSSR count). The second kappa shape index (κ2) is 6.33. The first kappa shape index (κ1) is 17.7. The van der Waals surface area contributed by atoms with Crippen molar-refractivity contribution in [2.45, 2.75) is 64.4 Å². The van der Waals surface area contributed by atoms with Crippen LogP contribution in [0.1, 0.15) is 52.5 Å². The highest BCUT2D eigenvalue weighted by atomic mass is 32.2. The van der Waals surface area contributed by atoms with Crippen molar-refractivity contribution in [1.29, 1.82) is 0 Å². The summed E-state index contributed by atoms with van der Waals surface area (Å²) in [7, 11) is -1.05. The molecule has 132 valence electrons. The van der Waals surface area contributed by atoms with E-state index in [9.17, 15) is 4.21 Å². The zero-order chi connectivity index (χ0) is 17.5. The predicted molar refractivity (Wildman–Crippen MR) is 100 cm³/mol. The SMILES string of the molecule is Cc1ccc([S@](=O)CC2=C[C@H]3CC(C)(C)CC[C@@H]3C(C)(C)O2)cc1. The maximum absolute atomic E-state index is 12.7. The largest absolute Gasteiger partial charge is 0.491 e. The van der Waals surface area contributed by atoms with Gasteiger partial charge in [0.2, 0.25) is 0 Å². The lowest BCUT2D eigenvalue weighted by Gasteiger charge is -2.49. The summed E-state index contributed by atoms with van der Waals surface area (Å²) in [4.78, 5) is 0.883. The fourth-order valence-electron chi connectivity index (χ4n) is 4.35. The Bertz CT molecular complexity index is 655. The molecule has 0 N–H and O–H groups in total. The van der Waals surface area contributed by atoms with Gasteiger partial charge in [-0.1, -0.05) is 31.5 Å². The fraction of sp³-hybridized carbons (Fsp3) is 0.619. The van der Waals surface area contributed by atoms with E-state index in [1.165, 1.54) is 24.8 Å². The Balaban J connectivity index is 1.79. The Hall–Kier alpha value is -1.09. The summed E-state index contributed by atoms with van der Waals surface area (Å²) in [5, 5.41) is 0. The van der Waals surface area contributed by atoms with E-state index < -0.39 is 10.8 Å². The highest BCUT2D eigenvalue weighted by Crippen LogP contribution is 2.50. The average Bonchev–Trinajstić information content (AvgIpc) is 2.45. The van der Waals surface area contributed by atoms with E-state index >= 15 is 0 Å². The van der Waals surface area contributed by atoms with Gasteiger partial charge in [-0.3, -0.25) is 4.21 Å². The Morgan fingerprint density at radius 1 is 1.17 bits per heavy atom. The van der Waals surface area contributed by atoms with Crippen molar-refractivity contribution in [3.63, 3.8) is 0 Å². The summed E-state index contributed by atoms with van der Waals surface area (Å²) in [6.07, 6.45) is 5.96. The van der Waals surface area contributed by atoms with E-state index in [-0.39, 0.29) is 5.60 Å². The van der Waals surface area contributed by atoms with E-state index in [4.69, 9.17) is 4.74 Å². The van der Waals surface area contributed by atoms with Crippen molar-refractivity contribution >= 4 is 10.8 Å². The number of hydrogen-bond donors (Lipinski definition) is 0. The minimum Gasteiger partial charge on any atom is -0.491 e. The van der Waals surface area contributed by atoms with Gasteiger partial charge in [0.15, 0.2) is 0 Å². The number of allylic oxidation sites excluding steroid dienone is 1. The number of hydrogen-bond acceptors (Lipinski definition) is 2. The molecular formula is C21H30O2S. The van der Waals surface area contributed by atoms with Crippen LogP contribution in [0.4, 0.5) is 0 Å². The Morgan fingerprint density at radius 3 is 2.50 bits per heavy atom. The molecule has 0 radical (unpaired) electrons. The molecule has 1 saturated carbocycles. The number of rotatable bonds is 3. The van der Waals surface area contributed by atoms with Crippen LogP contribution < -0.4 is 0 Å². The molecule has 1 aliphatic carbocycles. The lowest BCUT2D eigenvalue weighted by Crippen LogP contribution is -2.46. The molecule has 0 unspecified atom stereocenters. The smallest absolute Gasteiger partial charge is 0.106 e. The normalized spacial score (nSPS) is 29.1. The van der Waals surface area contributed by atoms with E-state index in [0.717, 1.165) is 10.7 Å². The van der Waals surface area contributed by atoms with Crippen LogP contribution in [-0.4, -0.2) is 15.6 Å². The lowest BCUT2D eigenvalue weighted by molar-refractivity contribution is -0.0755. The molecule has 0 spiro atoms. The molecule has 3 heteroatoms. The van der Waals surface area contributed by atoms with Crippen LogP contribution in [0.15, 0.2) is 41.0 Å². The van der Waals surface area contributed by atoms with Crippen molar-refractivity contribution in [2.24, 2.45) is 17.3 Å². The Labute approximate surface area is 149 Å². The number of aryl methyl sites for hydroxylation is 1. The average molecular weight is 347 g/mol. The second-order valence-electron chi connectivity index (χ2n) is 8.82. The second-order valence-corrected chi connectivity index (χ2v) is 10.3. The summed E-state index contributed by atoms with van der Waals surface area (Å²) in [6, 6.07) is 7.97. The van der Waals surface area contributed by atoms with Gasteiger partial charge in [-0.25, -0.2) is 0 Å². The predicted octanol–water partition coefficient (Wildman–Crippen LogP) is 5.24. The first-order chi connectivity index (χ1) is 11.2. The summed E-state index contributed by atoms with van der Waals surface area (Å²) in [5.41, 5.74) is 1.42. The Kier molecular flexibility index (Phi) is 4.67. The van der Waals surface area contributed by atoms with Gasteiger partial charge in [-0.05, 0) is 69.6 Å². The van der Waals surface area contributed by atoms with Gasteiger partial charge < -0.3 is 4.74 Å². The molecule has 24 heavy (non-hydrogen) atoms. The first-order valence-corrected chi connectivity index (χ1v) is 10.3. The summed E-state index contributed by atoms with van der Waals surface area (Å²) in [6.45, 7) is 11.2. The maximum Gasteiger partial charge on any atom is 0.106 e. The van der Waals surface area contributed by atoms with Crippen molar-refractivity contribution in [3.8, 4) is 0 Å². The van der Waals surface area contributed by atoms with Gasteiger partial charge in [-0.15, -0.1) is 0 Å². The zero-order valence-electron chi connectivity index (χ0n) is 15.6. The molecule has 3 atom stereocenters. The monoisotopic (exact) mass is 346 g/mol. The van der Waals surface area contributed by atoms with Crippen LogP contribution in [0.3, 0.4) is 0 Å². The molecule has 0 saturated heterocycles. The van der Waals surface area contributed by atoms with Gasteiger partial charge in [0.25, 0.3) is 0 Å². The number of benzene rings is 1. The van der Waals surface area contributed by atoms with Crippen LogP contribution in [0.5, 0.6) is 0 Å². The molecule has 1 heterocycles. The van der Waals surface area contributed by atoms with Gasteiger partial charge in [0.05, 0.1) is 16.6 Å². The highest BCUT2D eigenvalue weighted by Gasteiger charge is 2.45. The third-order valence-corrected chi connectivity index (χ3v) is 7.03. The third kappa shape index (κ3) is 3.77. The van der Waals surface area contributed by atoms with Gasteiger partial charge in [0.1, 0.15) is 11.4 Å². The number of ether oxygens (including phenoxy) is 1. The first-order valence-electron chi connectivity index (χ1n) is 9.01. The van der Waals surface area contributed by atoms with Crippen LogP contribution in [-0.2, 0) is 15.5 Å². The van der Waals surface area contributed by atoms with Gasteiger partial charge in [0, 0.05) is 10.8 Å². The summed E-state index contributed by atoms with van der Waals surface area (Å²) < 4.78 is 19.0. The molecule has 2 aliphatic rings. The van der Waals surface area contributed by atoms with E-state index in [2.05, 4.69) is 33.8 Å². The fourth-order valence-corrected chi connectivity index (χ4v) is 5.37. The molecule has 1 fully saturated rings. The summed E-state index contributed by atoms with van der Waals surface area (Å²) in [5.74, 6) is 2.51. The lowest BCUT2D eigenvalue weighted by atomic mass is 9.62. The van der Waals surface area contributed by atoms with Crippen molar-refractivity contribution in [3.05, 3.63) is 41.7 Å². The van der Waals surface area contributed by atoms with Crippen molar-refractivity contribution in [1.82, 2.24) is 0 Å². The summed E-state index contributed by atoms with van der Waals surface area (Å²) >= 11 is 0. The molecular weight excluding hydrogens is 316 g/mol. The van der Waals surface area contributed by atoms with Gasteiger partial charge in [-0.2, -0.15) is 0 Å². The van der Waals surface area contributed by atoms with Crippen LogP contribution in [0, 0.1) is 24.2 Å². The van der Waals surface area contributed by atoms with Crippen LogP contribution >= 0.6 is 0 Å². The zero-order valence-corrected chi connectivity index (χ0v) is 16.4. The third-order valence-electron chi connectivity index (χ3n) is 5.68. The van der Waals surface area contributed by atoms with Crippen molar-refractivity contribution < 1.29 is 8.95 Å². The van der Waals surface area contributed by atoms with Crippen LogP contribution in [0.2, 0.25) is 0 Å². The van der Waals surface area contributed by atoms with Crippen LogP contribution in [0.25, 0.3) is 0 Å². The van der Waals surface area contributed by atoms with E-state index in [0.29, 0.717) is 23.0 Å². The van der Waals surface area contributed by atoms with E-state index in [1.54, 1.807) is 0 Å². The molecule has 2 nitrogen and oxygen atoms in total. The molecule has 1 aliphatic heterocycles. The molecule has 0 bridgehead atoms. The Morgan fingerprint density at radius 2 is 1.83 bits per heavy atom. The van der Waals surface area contributed by atoms with Gasteiger partial charge >= 0.3 is 0 Å².